The number of nitrogen functional groups attached to an aromatic ring is 1. The van der Waals surface area contributed by atoms with Crippen LogP contribution in [0.5, 0.6) is 0 Å². The molecule has 0 bridgehead atoms. The van der Waals surface area contributed by atoms with Crippen molar-refractivity contribution in [2.45, 2.75) is 20.0 Å². The fourth-order valence-corrected chi connectivity index (χ4v) is 1.55. The number of thiophene rings is 1. The van der Waals surface area contributed by atoms with Crippen molar-refractivity contribution >= 4 is 28.3 Å². The van der Waals surface area contributed by atoms with Gasteiger partial charge in [0.1, 0.15) is 0 Å². The lowest BCUT2D eigenvalue weighted by Crippen LogP contribution is -2.32. The van der Waals surface area contributed by atoms with Crippen LogP contribution in [0.2, 0.25) is 0 Å². The van der Waals surface area contributed by atoms with E-state index in [-0.39, 0.29) is 6.10 Å². The Balaban J connectivity index is 2.57. The number of nitrogens with two attached hydrogens (primary N) is 1. The Hall–Kier alpha value is -1.56. The van der Waals surface area contributed by atoms with E-state index in [0.29, 0.717) is 10.6 Å². The lowest BCUT2D eigenvalue weighted by Gasteiger charge is -2.07. The third-order valence-electron chi connectivity index (χ3n) is 1.50. The first-order chi connectivity index (χ1) is 7.00. The van der Waals surface area contributed by atoms with E-state index in [1.54, 1.807) is 25.3 Å². The van der Waals surface area contributed by atoms with Gasteiger partial charge in [-0.2, -0.15) is 0 Å². The van der Waals surface area contributed by atoms with Crippen molar-refractivity contribution in [3.8, 4) is 0 Å². The van der Waals surface area contributed by atoms with Crippen LogP contribution >= 0.6 is 11.3 Å². The first kappa shape index (κ1) is 11.5. The van der Waals surface area contributed by atoms with Gasteiger partial charge in [0.15, 0.2) is 0 Å². The molecule has 2 amide bonds. The number of ether oxygens (including phenoxy) is 1. The van der Waals surface area contributed by atoms with Crippen molar-refractivity contribution in [2.75, 3.05) is 5.73 Å². The van der Waals surface area contributed by atoms with Gasteiger partial charge in [-0.1, -0.05) is 0 Å². The minimum Gasteiger partial charge on any atom is -0.447 e. The van der Waals surface area contributed by atoms with Crippen LogP contribution in [0, 0.1) is 0 Å². The van der Waals surface area contributed by atoms with Gasteiger partial charge in [0.2, 0.25) is 0 Å². The van der Waals surface area contributed by atoms with Gasteiger partial charge in [0, 0.05) is 0 Å². The number of alkyl carbamates (subject to hydrolysis) is 1. The molecule has 0 saturated carbocycles. The second kappa shape index (κ2) is 4.79. The molecule has 5 nitrogen and oxygen atoms in total. The summed E-state index contributed by atoms with van der Waals surface area (Å²) in [6, 6.07) is 1.55. The monoisotopic (exact) mass is 228 g/mol. The first-order valence-electron chi connectivity index (χ1n) is 4.35. The highest BCUT2D eigenvalue weighted by molar-refractivity contribution is 7.14. The van der Waals surface area contributed by atoms with Crippen LogP contribution < -0.4 is 11.1 Å². The lowest BCUT2D eigenvalue weighted by atomic mass is 10.3. The minimum atomic E-state index is -0.763. The molecule has 0 aliphatic heterocycles. The number of carbonyl (C=O) groups excluding carboxylic acids is 2. The summed E-state index contributed by atoms with van der Waals surface area (Å²) in [4.78, 5) is 22.5. The standard InChI is InChI=1S/C9H12N2O3S/c1-5(2)14-9(13)11-8(12)6-3-4-15-7(6)10/h3-5H,10H2,1-2H3,(H,11,12,13). The predicted octanol–water partition coefficient (Wildman–Crippen LogP) is 1.61. The maximum atomic E-state index is 11.4. The highest BCUT2D eigenvalue weighted by Crippen LogP contribution is 2.18. The zero-order chi connectivity index (χ0) is 11.4. The van der Waals surface area contributed by atoms with Gasteiger partial charge in [-0.25, -0.2) is 4.79 Å². The summed E-state index contributed by atoms with van der Waals surface area (Å²) in [6.45, 7) is 3.39. The molecule has 82 valence electrons. The van der Waals surface area contributed by atoms with Crippen LogP contribution in [0.3, 0.4) is 0 Å². The molecule has 0 radical (unpaired) electrons. The molecule has 0 aromatic carbocycles. The van der Waals surface area contributed by atoms with Gasteiger partial charge in [-0.05, 0) is 25.3 Å². The number of carbonyl (C=O) groups is 2. The maximum absolute atomic E-state index is 11.4. The smallest absolute Gasteiger partial charge is 0.414 e. The van der Waals surface area contributed by atoms with Crippen LogP contribution in [0.1, 0.15) is 24.2 Å². The Bertz CT molecular complexity index is 373. The maximum Gasteiger partial charge on any atom is 0.414 e. The number of amides is 2. The number of hydrogen-bond acceptors (Lipinski definition) is 5. The molecule has 0 spiro atoms. The van der Waals surface area contributed by atoms with Gasteiger partial charge in [0.05, 0.1) is 16.7 Å². The van der Waals surface area contributed by atoms with Crippen molar-refractivity contribution in [2.24, 2.45) is 0 Å². The average molecular weight is 228 g/mol. The zero-order valence-electron chi connectivity index (χ0n) is 8.44. The number of nitrogens with one attached hydrogen (secondary N) is 1. The SMILES string of the molecule is CC(C)OC(=O)NC(=O)c1ccsc1N. The van der Waals surface area contributed by atoms with Crippen LogP contribution in [0.25, 0.3) is 0 Å². The molecule has 3 N–H and O–H groups in total. The number of anilines is 1. The molecule has 0 fully saturated rings. The van der Waals surface area contributed by atoms with Crippen molar-refractivity contribution in [3.05, 3.63) is 17.0 Å². The van der Waals surface area contributed by atoms with E-state index in [0.717, 1.165) is 0 Å². The largest absolute Gasteiger partial charge is 0.447 e. The molecular formula is C9H12N2O3S. The van der Waals surface area contributed by atoms with Crippen molar-refractivity contribution < 1.29 is 14.3 Å². The summed E-state index contributed by atoms with van der Waals surface area (Å²) in [5.41, 5.74) is 5.82. The second-order valence-corrected chi connectivity index (χ2v) is 4.05. The molecule has 0 unspecified atom stereocenters. The molecule has 0 aliphatic rings. The van der Waals surface area contributed by atoms with Gasteiger partial charge >= 0.3 is 6.09 Å². The molecule has 0 atom stereocenters. The fourth-order valence-electron chi connectivity index (χ4n) is 0.912. The van der Waals surface area contributed by atoms with Crippen LogP contribution in [-0.2, 0) is 4.74 Å². The van der Waals surface area contributed by atoms with Crippen LogP contribution in [0.4, 0.5) is 9.80 Å². The molecule has 0 aliphatic carbocycles. The second-order valence-electron chi connectivity index (χ2n) is 3.11. The number of rotatable bonds is 2. The summed E-state index contributed by atoms with van der Waals surface area (Å²) in [5, 5.41) is 4.14. The molecule has 1 aromatic heterocycles. The highest BCUT2D eigenvalue weighted by Gasteiger charge is 2.15. The van der Waals surface area contributed by atoms with E-state index in [9.17, 15) is 9.59 Å². The van der Waals surface area contributed by atoms with Crippen molar-refractivity contribution in [1.29, 1.82) is 0 Å². The van der Waals surface area contributed by atoms with E-state index >= 15 is 0 Å². The van der Waals surface area contributed by atoms with E-state index in [1.165, 1.54) is 11.3 Å². The van der Waals surface area contributed by atoms with Crippen molar-refractivity contribution in [3.63, 3.8) is 0 Å². The third kappa shape index (κ3) is 3.25. The Labute approximate surface area is 91.2 Å². The van der Waals surface area contributed by atoms with Crippen LogP contribution in [-0.4, -0.2) is 18.1 Å². The molecule has 1 aromatic rings. The normalized spacial score (nSPS) is 10.1. The molecule has 1 rings (SSSR count). The number of hydrogen-bond donors (Lipinski definition) is 2. The fraction of sp³-hybridized carbons (Fsp3) is 0.333. The van der Waals surface area contributed by atoms with E-state index in [2.05, 4.69) is 5.32 Å². The van der Waals surface area contributed by atoms with E-state index in [4.69, 9.17) is 10.5 Å². The summed E-state index contributed by atoms with van der Waals surface area (Å²) in [5.74, 6) is -0.542. The van der Waals surface area contributed by atoms with Gasteiger partial charge in [-0.3, -0.25) is 10.1 Å². The molecule has 0 saturated heterocycles. The summed E-state index contributed by atoms with van der Waals surface area (Å²) < 4.78 is 4.75. The van der Waals surface area contributed by atoms with E-state index in [1.807, 2.05) is 0 Å². The Morgan fingerprint density at radius 3 is 2.67 bits per heavy atom. The zero-order valence-corrected chi connectivity index (χ0v) is 9.26. The van der Waals surface area contributed by atoms with Crippen LogP contribution in [0.15, 0.2) is 11.4 Å². The first-order valence-corrected chi connectivity index (χ1v) is 5.23. The minimum absolute atomic E-state index is 0.266. The highest BCUT2D eigenvalue weighted by atomic mass is 32.1. The topological polar surface area (TPSA) is 81.4 Å². The summed E-state index contributed by atoms with van der Waals surface area (Å²) >= 11 is 1.24. The van der Waals surface area contributed by atoms with Gasteiger partial charge < -0.3 is 10.5 Å². The molecule has 15 heavy (non-hydrogen) atoms. The average Bonchev–Trinajstić information content (AvgIpc) is 2.49. The third-order valence-corrected chi connectivity index (χ3v) is 2.24. The Kier molecular flexibility index (Phi) is 3.68. The van der Waals surface area contributed by atoms with E-state index < -0.39 is 12.0 Å². The van der Waals surface area contributed by atoms with Gasteiger partial charge in [-0.15, -0.1) is 11.3 Å². The predicted molar refractivity (Wildman–Crippen MR) is 57.8 cm³/mol. The quantitative estimate of drug-likeness (QED) is 0.805. The molecule has 1 heterocycles. The Morgan fingerprint density at radius 2 is 2.20 bits per heavy atom. The lowest BCUT2D eigenvalue weighted by molar-refractivity contribution is 0.0877. The Morgan fingerprint density at radius 1 is 1.53 bits per heavy atom. The van der Waals surface area contributed by atoms with Gasteiger partial charge in [0.25, 0.3) is 5.91 Å². The van der Waals surface area contributed by atoms with Crippen molar-refractivity contribution in [1.82, 2.24) is 5.32 Å². The molecular weight excluding hydrogens is 216 g/mol. The summed E-state index contributed by atoms with van der Waals surface area (Å²) in [7, 11) is 0. The number of imide groups is 1. The summed E-state index contributed by atoms with van der Waals surface area (Å²) in [6.07, 6.45) is -1.03. The molecule has 6 heteroatoms.